The highest BCUT2D eigenvalue weighted by atomic mass is 35.5. The van der Waals surface area contributed by atoms with Gasteiger partial charge in [-0.05, 0) is 57.2 Å². The predicted molar refractivity (Wildman–Crippen MR) is 78.8 cm³/mol. The van der Waals surface area contributed by atoms with E-state index in [1.807, 2.05) is 24.1 Å². The molecule has 4 nitrogen and oxygen atoms in total. The van der Waals surface area contributed by atoms with Crippen LogP contribution in [0.15, 0.2) is 24.3 Å². The number of hydrogen-bond acceptors (Lipinski definition) is 2. The Kier molecular flexibility index (Phi) is 4.66. The Morgan fingerprint density at radius 3 is 2.47 bits per heavy atom. The number of benzene rings is 1. The zero-order valence-corrected chi connectivity index (χ0v) is 12.2. The first-order valence-electron chi connectivity index (χ1n) is 6.54. The molecule has 0 saturated carbocycles. The minimum atomic E-state index is -0.0584. The molecule has 2 amide bonds. The van der Waals surface area contributed by atoms with Gasteiger partial charge in [-0.15, -0.1) is 0 Å². The van der Waals surface area contributed by atoms with Crippen LogP contribution in [-0.4, -0.2) is 49.1 Å². The Morgan fingerprint density at radius 1 is 1.32 bits per heavy atom. The number of rotatable bonds is 2. The fraction of sp³-hybridized carbons (Fsp3) is 0.500. The molecule has 5 heteroatoms. The summed E-state index contributed by atoms with van der Waals surface area (Å²) >= 11 is 5.82. The number of carbonyl (C=O) groups excluding carboxylic acids is 1. The van der Waals surface area contributed by atoms with Gasteiger partial charge in [0.05, 0.1) is 0 Å². The SMILES string of the molecule is CN1CCC(N(C)C(=O)Nc2ccc(Cl)cc2)CC1. The average Bonchev–Trinajstić information content (AvgIpc) is 2.41. The van der Waals surface area contributed by atoms with Gasteiger partial charge in [0, 0.05) is 23.8 Å². The summed E-state index contributed by atoms with van der Waals surface area (Å²) < 4.78 is 0. The molecule has 1 N–H and O–H groups in total. The van der Waals surface area contributed by atoms with E-state index in [4.69, 9.17) is 11.6 Å². The summed E-state index contributed by atoms with van der Waals surface area (Å²) in [7, 11) is 3.98. The van der Waals surface area contributed by atoms with Crippen molar-refractivity contribution in [1.82, 2.24) is 9.80 Å². The Balaban J connectivity index is 1.90. The van der Waals surface area contributed by atoms with E-state index >= 15 is 0 Å². The lowest BCUT2D eigenvalue weighted by Crippen LogP contribution is -2.46. The van der Waals surface area contributed by atoms with Gasteiger partial charge in [0.2, 0.25) is 0 Å². The van der Waals surface area contributed by atoms with Crippen LogP contribution < -0.4 is 5.32 Å². The number of hydrogen-bond donors (Lipinski definition) is 1. The Morgan fingerprint density at radius 2 is 1.89 bits per heavy atom. The lowest BCUT2D eigenvalue weighted by atomic mass is 10.0. The molecule has 2 rings (SSSR count). The predicted octanol–water partition coefficient (Wildman–Crippen LogP) is 2.90. The maximum Gasteiger partial charge on any atom is 0.321 e. The van der Waals surface area contributed by atoms with E-state index in [0.717, 1.165) is 31.6 Å². The van der Waals surface area contributed by atoms with Crippen molar-refractivity contribution >= 4 is 23.3 Å². The molecule has 1 aromatic rings. The number of anilines is 1. The average molecular weight is 282 g/mol. The van der Waals surface area contributed by atoms with Gasteiger partial charge in [-0.25, -0.2) is 4.79 Å². The summed E-state index contributed by atoms with van der Waals surface area (Å²) in [5.41, 5.74) is 0.772. The second kappa shape index (κ2) is 6.26. The van der Waals surface area contributed by atoms with E-state index in [1.165, 1.54) is 0 Å². The minimum Gasteiger partial charge on any atom is -0.325 e. The molecule has 1 saturated heterocycles. The monoisotopic (exact) mass is 281 g/mol. The van der Waals surface area contributed by atoms with Crippen molar-refractivity contribution in [2.45, 2.75) is 18.9 Å². The number of carbonyl (C=O) groups is 1. The van der Waals surface area contributed by atoms with Crippen LogP contribution in [0.3, 0.4) is 0 Å². The van der Waals surface area contributed by atoms with Gasteiger partial charge in [-0.3, -0.25) is 0 Å². The molecule has 0 aromatic heterocycles. The highest BCUT2D eigenvalue weighted by Gasteiger charge is 2.23. The van der Waals surface area contributed by atoms with Crippen LogP contribution in [0.2, 0.25) is 5.02 Å². The number of urea groups is 1. The summed E-state index contributed by atoms with van der Waals surface area (Å²) in [4.78, 5) is 16.2. The van der Waals surface area contributed by atoms with Crippen molar-refractivity contribution in [3.63, 3.8) is 0 Å². The lowest BCUT2D eigenvalue weighted by Gasteiger charge is -2.35. The van der Waals surface area contributed by atoms with E-state index in [1.54, 1.807) is 12.1 Å². The summed E-state index contributed by atoms with van der Waals surface area (Å²) in [5, 5.41) is 3.56. The quantitative estimate of drug-likeness (QED) is 0.905. The van der Waals surface area contributed by atoms with Gasteiger partial charge in [-0.2, -0.15) is 0 Å². The van der Waals surface area contributed by atoms with Crippen molar-refractivity contribution in [2.75, 3.05) is 32.5 Å². The second-order valence-electron chi connectivity index (χ2n) is 5.08. The van der Waals surface area contributed by atoms with Crippen LogP contribution in [0.4, 0.5) is 10.5 Å². The molecule has 0 atom stereocenters. The molecule has 104 valence electrons. The zero-order chi connectivity index (χ0) is 13.8. The Labute approximate surface area is 119 Å². The van der Waals surface area contributed by atoms with Gasteiger partial charge >= 0.3 is 6.03 Å². The fourth-order valence-electron chi connectivity index (χ4n) is 2.29. The molecule has 19 heavy (non-hydrogen) atoms. The third-order valence-electron chi connectivity index (χ3n) is 3.65. The van der Waals surface area contributed by atoms with Crippen molar-refractivity contribution in [1.29, 1.82) is 0 Å². The van der Waals surface area contributed by atoms with E-state index in [-0.39, 0.29) is 6.03 Å². The summed E-state index contributed by atoms with van der Waals surface area (Å²) in [6.45, 7) is 2.09. The number of amides is 2. The van der Waals surface area contributed by atoms with Crippen LogP contribution in [-0.2, 0) is 0 Å². The number of likely N-dealkylation sites (tertiary alicyclic amines) is 1. The molecule has 1 aliphatic rings. The first-order valence-corrected chi connectivity index (χ1v) is 6.92. The molecule has 1 aliphatic heterocycles. The molecule has 0 spiro atoms. The van der Waals surface area contributed by atoms with Gasteiger partial charge in [0.1, 0.15) is 0 Å². The maximum absolute atomic E-state index is 12.1. The normalized spacial score (nSPS) is 17.2. The van der Waals surface area contributed by atoms with Gasteiger partial charge < -0.3 is 15.1 Å². The third-order valence-corrected chi connectivity index (χ3v) is 3.90. The first kappa shape index (κ1) is 14.2. The molecule has 0 aliphatic carbocycles. The van der Waals surface area contributed by atoms with Crippen molar-refractivity contribution in [3.8, 4) is 0 Å². The molecule has 0 bridgehead atoms. The Hall–Kier alpha value is -1.26. The van der Waals surface area contributed by atoms with Crippen LogP contribution in [0.25, 0.3) is 0 Å². The maximum atomic E-state index is 12.1. The molecule has 0 unspecified atom stereocenters. The fourth-order valence-corrected chi connectivity index (χ4v) is 2.42. The highest BCUT2D eigenvalue weighted by molar-refractivity contribution is 6.30. The molecule has 1 aromatic carbocycles. The van der Waals surface area contributed by atoms with Crippen molar-refractivity contribution in [2.24, 2.45) is 0 Å². The second-order valence-corrected chi connectivity index (χ2v) is 5.52. The lowest BCUT2D eigenvalue weighted by molar-refractivity contribution is 0.156. The third kappa shape index (κ3) is 3.85. The zero-order valence-electron chi connectivity index (χ0n) is 11.4. The van der Waals surface area contributed by atoms with E-state index in [9.17, 15) is 4.79 Å². The van der Waals surface area contributed by atoms with Crippen molar-refractivity contribution < 1.29 is 4.79 Å². The number of halogens is 1. The largest absolute Gasteiger partial charge is 0.325 e. The topological polar surface area (TPSA) is 35.6 Å². The summed E-state index contributed by atoms with van der Waals surface area (Å²) in [6.07, 6.45) is 2.06. The van der Waals surface area contributed by atoms with Gasteiger partial charge in [-0.1, -0.05) is 11.6 Å². The highest BCUT2D eigenvalue weighted by Crippen LogP contribution is 2.17. The minimum absolute atomic E-state index is 0.0584. The van der Waals surface area contributed by atoms with E-state index in [0.29, 0.717) is 11.1 Å². The van der Waals surface area contributed by atoms with Gasteiger partial charge in [0.25, 0.3) is 0 Å². The summed E-state index contributed by atoms with van der Waals surface area (Å²) in [5.74, 6) is 0. The summed E-state index contributed by atoms with van der Waals surface area (Å²) in [6, 6.07) is 7.42. The van der Waals surface area contributed by atoms with Crippen LogP contribution in [0.5, 0.6) is 0 Å². The molecule has 0 radical (unpaired) electrons. The first-order chi connectivity index (χ1) is 9.06. The number of nitrogens with zero attached hydrogens (tertiary/aromatic N) is 2. The van der Waals surface area contributed by atoms with E-state index in [2.05, 4.69) is 17.3 Å². The molecule has 1 fully saturated rings. The van der Waals surface area contributed by atoms with Crippen LogP contribution >= 0.6 is 11.6 Å². The van der Waals surface area contributed by atoms with Crippen LogP contribution in [0, 0.1) is 0 Å². The van der Waals surface area contributed by atoms with Crippen LogP contribution in [0.1, 0.15) is 12.8 Å². The van der Waals surface area contributed by atoms with Crippen molar-refractivity contribution in [3.05, 3.63) is 29.3 Å². The molecular formula is C14H20ClN3O. The number of piperidine rings is 1. The molecular weight excluding hydrogens is 262 g/mol. The smallest absolute Gasteiger partial charge is 0.321 e. The van der Waals surface area contributed by atoms with Gasteiger partial charge in [0.15, 0.2) is 0 Å². The number of nitrogens with one attached hydrogen (secondary N) is 1. The Bertz CT molecular complexity index is 427. The molecule has 1 heterocycles. The standard InChI is InChI=1S/C14H20ClN3O/c1-17-9-7-13(8-10-17)18(2)14(19)16-12-5-3-11(15)4-6-12/h3-6,13H,7-10H2,1-2H3,(H,16,19). The van der Waals surface area contributed by atoms with E-state index < -0.39 is 0 Å².